The molecule has 0 bridgehead atoms. The van der Waals surface area contributed by atoms with Gasteiger partial charge in [-0.25, -0.2) is 4.79 Å². The van der Waals surface area contributed by atoms with Crippen molar-refractivity contribution >= 4 is 5.97 Å². The van der Waals surface area contributed by atoms with Gasteiger partial charge in [0.05, 0.1) is 18.0 Å². The summed E-state index contributed by atoms with van der Waals surface area (Å²) in [5.74, 6) is -0.502. The molecule has 15 heavy (non-hydrogen) atoms. The lowest BCUT2D eigenvalue weighted by atomic mass is 10.3. The number of ether oxygens (including phenoxy) is 1. The standard InChI is InChI=1S/C10H14N2O3/c1-7(2)12-5-9(4-11-12)15-6-8(3)10(13)14/h4-5,7H,3,6H2,1-2H3,(H,13,14). The number of aliphatic carboxylic acids is 1. The molecule has 0 saturated carbocycles. The van der Waals surface area contributed by atoms with Gasteiger partial charge in [0.1, 0.15) is 6.61 Å². The number of aromatic nitrogens is 2. The van der Waals surface area contributed by atoms with Crippen LogP contribution in [0.4, 0.5) is 0 Å². The Labute approximate surface area is 88.0 Å². The molecule has 0 aliphatic carbocycles. The van der Waals surface area contributed by atoms with Crippen molar-refractivity contribution in [3.63, 3.8) is 0 Å². The van der Waals surface area contributed by atoms with Gasteiger partial charge in [-0.15, -0.1) is 0 Å². The van der Waals surface area contributed by atoms with Gasteiger partial charge in [-0.1, -0.05) is 6.58 Å². The molecule has 0 aromatic carbocycles. The SMILES string of the molecule is C=C(COc1cnn(C(C)C)c1)C(=O)O. The number of nitrogens with zero attached hydrogens (tertiary/aromatic N) is 2. The highest BCUT2D eigenvalue weighted by Gasteiger charge is 2.06. The molecule has 0 fully saturated rings. The maximum atomic E-state index is 10.4. The smallest absolute Gasteiger partial charge is 0.334 e. The van der Waals surface area contributed by atoms with Gasteiger partial charge in [0.15, 0.2) is 5.75 Å². The summed E-state index contributed by atoms with van der Waals surface area (Å²) in [6.45, 7) is 7.32. The molecule has 5 nitrogen and oxygen atoms in total. The largest absolute Gasteiger partial charge is 0.485 e. The van der Waals surface area contributed by atoms with Gasteiger partial charge >= 0.3 is 5.97 Å². The van der Waals surface area contributed by atoms with E-state index >= 15 is 0 Å². The maximum Gasteiger partial charge on any atom is 0.334 e. The average Bonchev–Trinajstić information content (AvgIpc) is 2.62. The summed E-state index contributed by atoms with van der Waals surface area (Å²) in [4.78, 5) is 10.4. The monoisotopic (exact) mass is 210 g/mol. The fraction of sp³-hybridized carbons (Fsp3) is 0.400. The molecule has 1 N–H and O–H groups in total. The second-order valence-corrected chi connectivity index (χ2v) is 3.45. The van der Waals surface area contributed by atoms with Crippen LogP contribution >= 0.6 is 0 Å². The Morgan fingerprint density at radius 1 is 1.73 bits per heavy atom. The van der Waals surface area contributed by atoms with Crippen molar-refractivity contribution in [3.8, 4) is 5.75 Å². The summed E-state index contributed by atoms with van der Waals surface area (Å²) >= 11 is 0. The quantitative estimate of drug-likeness (QED) is 0.748. The van der Waals surface area contributed by atoms with Gasteiger partial charge in [-0.2, -0.15) is 5.10 Å². The van der Waals surface area contributed by atoms with Crippen molar-refractivity contribution in [2.75, 3.05) is 6.61 Å². The van der Waals surface area contributed by atoms with Crippen LogP contribution in [0.3, 0.4) is 0 Å². The predicted octanol–water partition coefficient (Wildman–Crippen LogP) is 1.48. The fourth-order valence-corrected chi connectivity index (χ4v) is 0.910. The van der Waals surface area contributed by atoms with E-state index in [1.807, 2.05) is 13.8 Å². The van der Waals surface area contributed by atoms with Crippen molar-refractivity contribution in [1.29, 1.82) is 0 Å². The Bertz CT molecular complexity index is 368. The third-order valence-electron chi connectivity index (χ3n) is 1.82. The zero-order valence-electron chi connectivity index (χ0n) is 8.80. The number of carbonyl (C=O) groups is 1. The summed E-state index contributed by atoms with van der Waals surface area (Å²) in [7, 11) is 0. The summed E-state index contributed by atoms with van der Waals surface area (Å²) in [6.07, 6.45) is 3.27. The zero-order chi connectivity index (χ0) is 11.4. The van der Waals surface area contributed by atoms with E-state index in [1.54, 1.807) is 17.1 Å². The van der Waals surface area contributed by atoms with Crippen molar-refractivity contribution in [2.24, 2.45) is 0 Å². The minimum Gasteiger partial charge on any atom is -0.485 e. The molecule has 82 valence electrons. The second kappa shape index (κ2) is 4.63. The van der Waals surface area contributed by atoms with Crippen LogP contribution in [0.2, 0.25) is 0 Å². The van der Waals surface area contributed by atoms with E-state index in [1.165, 1.54) is 0 Å². The van der Waals surface area contributed by atoms with E-state index in [9.17, 15) is 4.79 Å². The van der Waals surface area contributed by atoms with Crippen LogP contribution in [0, 0.1) is 0 Å². The van der Waals surface area contributed by atoms with Crippen molar-refractivity contribution in [2.45, 2.75) is 19.9 Å². The molecule has 1 rings (SSSR count). The molecule has 1 aromatic heterocycles. The highest BCUT2D eigenvalue weighted by atomic mass is 16.5. The highest BCUT2D eigenvalue weighted by Crippen LogP contribution is 2.12. The van der Waals surface area contributed by atoms with Crippen molar-refractivity contribution < 1.29 is 14.6 Å². The molecule has 0 aliphatic heterocycles. The molecule has 0 saturated heterocycles. The van der Waals surface area contributed by atoms with E-state index in [2.05, 4.69) is 11.7 Å². The van der Waals surface area contributed by atoms with Crippen molar-refractivity contribution in [3.05, 3.63) is 24.5 Å². The molecule has 0 aliphatic rings. The van der Waals surface area contributed by atoms with E-state index in [-0.39, 0.29) is 18.2 Å². The molecular formula is C10H14N2O3. The first-order valence-electron chi connectivity index (χ1n) is 4.58. The van der Waals surface area contributed by atoms with Gasteiger partial charge in [-0.05, 0) is 13.8 Å². The Morgan fingerprint density at radius 3 is 2.87 bits per heavy atom. The Morgan fingerprint density at radius 2 is 2.40 bits per heavy atom. The fourth-order valence-electron chi connectivity index (χ4n) is 0.910. The minimum atomic E-state index is -1.05. The van der Waals surface area contributed by atoms with Gasteiger partial charge in [0.2, 0.25) is 0 Å². The number of hydrogen-bond donors (Lipinski definition) is 1. The average molecular weight is 210 g/mol. The van der Waals surface area contributed by atoms with Gasteiger partial charge in [0.25, 0.3) is 0 Å². The number of hydrogen-bond acceptors (Lipinski definition) is 3. The van der Waals surface area contributed by atoms with Crippen LogP contribution in [0.1, 0.15) is 19.9 Å². The summed E-state index contributed by atoms with van der Waals surface area (Å²) < 4.78 is 6.93. The van der Waals surface area contributed by atoms with E-state index in [0.29, 0.717) is 5.75 Å². The normalized spacial score (nSPS) is 10.3. The van der Waals surface area contributed by atoms with Crippen LogP contribution in [0.15, 0.2) is 24.5 Å². The van der Waals surface area contributed by atoms with Crippen LogP contribution in [-0.2, 0) is 4.79 Å². The third kappa shape index (κ3) is 3.12. The predicted molar refractivity (Wildman–Crippen MR) is 54.9 cm³/mol. The molecule has 0 amide bonds. The molecule has 1 heterocycles. The van der Waals surface area contributed by atoms with Crippen LogP contribution in [-0.4, -0.2) is 27.5 Å². The lowest BCUT2D eigenvalue weighted by Crippen LogP contribution is -2.08. The Kier molecular flexibility index (Phi) is 3.49. The molecule has 0 spiro atoms. The second-order valence-electron chi connectivity index (χ2n) is 3.45. The molecule has 0 atom stereocenters. The van der Waals surface area contributed by atoms with Gasteiger partial charge in [0, 0.05) is 6.04 Å². The summed E-state index contributed by atoms with van der Waals surface area (Å²) in [6, 6.07) is 0.255. The first kappa shape index (κ1) is 11.3. The number of carboxylic acids is 1. The third-order valence-corrected chi connectivity index (χ3v) is 1.82. The molecule has 0 radical (unpaired) electrons. The van der Waals surface area contributed by atoms with E-state index in [4.69, 9.17) is 9.84 Å². The lowest BCUT2D eigenvalue weighted by molar-refractivity contribution is -0.133. The Balaban J connectivity index is 2.51. The maximum absolute atomic E-state index is 10.4. The van der Waals surface area contributed by atoms with Crippen LogP contribution in [0.25, 0.3) is 0 Å². The summed E-state index contributed by atoms with van der Waals surface area (Å²) in [5.41, 5.74) is 0.0206. The van der Waals surface area contributed by atoms with Gasteiger partial charge < -0.3 is 9.84 Å². The lowest BCUT2D eigenvalue weighted by Gasteiger charge is -2.04. The molecule has 5 heteroatoms. The highest BCUT2D eigenvalue weighted by molar-refractivity contribution is 5.86. The first-order valence-corrected chi connectivity index (χ1v) is 4.58. The van der Waals surface area contributed by atoms with Crippen LogP contribution in [0.5, 0.6) is 5.75 Å². The first-order chi connectivity index (χ1) is 7.00. The Hall–Kier alpha value is -1.78. The van der Waals surface area contributed by atoms with Gasteiger partial charge in [-0.3, -0.25) is 4.68 Å². The number of carboxylic acid groups (broad SMARTS) is 1. The van der Waals surface area contributed by atoms with E-state index < -0.39 is 5.97 Å². The molecular weight excluding hydrogens is 196 g/mol. The number of rotatable bonds is 5. The van der Waals surface area contributed by atoms with E-state index in [0.717, 1.165) is 0 Å². The minimum absolute atomic E-state index is 0.0206. The summed E-state index contributed by atoms with van der Waals surface area (Å²) in [5, 5.41) is 12.6. The topological polar surface area (TPSA) is 64.4 Å². The zero-order valence-corrected chi connectivity index (χ0v) is 8.80. The van der Waals surface area contributed by atoms with Crippen LogP contribution < -0.4 is 4.74 Å². The molecule has 0 unspecified atom stereocenters. The van der Waals surface area contributed by atoms with Crippen molar-refractivity contribution in [1.82, 2.24) is 9.78 Å². The molecule has 1 aromatic rings.